The molecular weight excluding hydrogens is 227 g/mol. The highest BCUT2D eigenvalue weighted by atomic mass is 19.1. The Kier molecular flexibility index (Phi) is 4.20. The van der Waals surface area contributed by atoms with E-state index in [4.69, 9.17) is 4.74 Å². The van der Waals surface area contributed by atoms with E-state index in [2.05, 4.69) is 4.74 Å². The smallest absolute Gasteiger partial charge is 0.379 e. The zero-order valence-corrected chi connectivity index (χ0v) is 9.87. The molecular formula is C12H13FO4. The third-order valence-corrected chi connectivity index (χ3v) is 2.16. The van der Waals surface area contributed by atoms with E-state index >= 15 is 0 Å². The topological polar surface area (TPSA) is 52.6 Å². The average Bonchev–Trinajstić information content (AvgIpc) is 2.27. The number of hydrogen-bond donors (Lipinski definition) is 0. The number of carbonyl (C=O) groups excluding carboxylic acids is 2. The van der Waals surface area contributed by atoms with Crippen molar-refractivity contribution in [2.24, 2.45) is 0 Å². The summed E-state index contributed by atoms with van der Waals surface area (Å²) in [7, 11) is 1.33. The maximum Gasteiger partial charge on any atom is 0.379 e. The van der Waals surface area contributed by atoms with Crippen molar-refractivity contribution in [3.63, 3.8) is 0 Å². The minimum Gasteiger partial charge on any atom is -0.493 e. The molecule has 0 aliphatic heterocycles. The molecule has 0 atom stereocenters. The summed E-state index contributed by atoms with van der Waals surface area (Å²) >= 11 is 0. The molecule has 0 spiro atoms. The van der Waals surface area contributed by atoms with Crippen LogP contribution in [0.1, 0.15) is 22.8 Å². The lowest BCUT2D eigenvalue weighted by Gasteiger charge is -2.08. The van der Waals surface area contributed by atoms with Gasteiger partial charge in [0.05, 0.1) is 13.7 Å². The van der Waals surface area contributed by atoms with Crippen LogP contribution in [0.15, 0.2) is 12.1 Å². The van der Waals surface area contributed by atoms with Crippen LogP contribution in [0.3, 0.4) is 0 Å². The van der Waals surface area contributed by atoms with Crippen molar-refractivity contribution < 1.29 is 23.5 Å². The summed E-state index contributed by atoms with van der Waals surface area (Å²) in [5.74, 6) is -2.47. The number of ether oxygens (including phenoxy) is 2. The van der Waals surface area contributed by atoms with Gasteiger partial charge in [-0.2, -0.15) is 0 Å². The second-order valence-corrected chi connectivity index (χ2v) is 3.36. The van der Waals surface area contributed by atoms with Gasteiger partial charge in [-0.25, -0.2) is 9.18 Å². The Balaban J connectivity index is 3.08. The Morgan fingerprint density at radius 1 is 1.35 bits per heavy atom. The van der Waals surface area contributed by atoms with Crippen LogP contribution >= 0.6 is 0 Å². The molecule has 0 aromatic heterocycles. The summed E-state index contributed by atoms with van der Waals surface area (Å²) in [5, 5.41) is 0. The SMILES string of the molecule is CCOC(=O)C(=O)c1cc(C)c(OC)c(F)c1. The fraction of sp³-hybridized carbons (Fsp3) is 0.333. The Hall–Kier alpha value is -1.91. The number of ketones is 1. The van der Waals surface area contributed by atoms with Gasteiger partial charge in [0.1, 0.15) is 0 Å². The number of methoxy groups -OCH3 is 1. The van der Waals surface area contributed by atoms with E-state index in [9.17, 15) is 14.0 Å². The van der Waals surface area contributed by atoms with E-state index < -0.39 is 17.6 Å². The molecule has 17 heavy (non-hydrogen) atoms. The van der Waals surface area contributed by atoms with Crippen LogP contribution in [0.2, 0.25) is 0 Å². The average molecular weight is 240 g/mol. The molecule has 0 N–H and O–H groups in total. The zero-order chi connectivity index (χ0) is 13.0. The van der Waals surface area contributed by atoms with E-state index in [1.165, 1.54) is 13.2 Å². The van der Waals surface area contributed by atoms with Crippen molar-refractivity contribution in [3.8, 4) is 5.75 Å². The van der Waals surface area contributed by atoms with Crippen LogP contribution in [0, 0.1) is 12.7 Å². The van der Waals surface area contributed by atoms with Gasteiger partial charge in [-0.3, -0.25) is 4.79 Å². The van der Waals surface area contributed by atoms with Crippen LogP contribution in [-0.4, -0.2) is 25.5 Å². The third kappa shape index (κ3) is 2.81. The quantitative estimate of drug-likeness (QED) is 0.458. The normalized spacial score (nSPS) is 9.88. The van der Waals surface area contributed by atoms with Crippen molar-refractivity contribution in [2.75, 3.05) is 13.7 Å². The van der Waals surface area contributed by atoms with Gasteiger partial charge >= 0.3 is 5.97 Å². The van der Waals surface area contributed by atoms with Crippen LogP contribution in [0.4, 0.5) is 4.39 Å². The fourth-order valence-electron chi connectivity index (χ4n) is 1.43. The van der Waals surface area contributed by atoms with Gasteiger partial charge in [0.15, 0.2) is 11.6 Å². The van der Waals surface area contributed by atoms with Gasteiger partial charge in [-0.1, -0.05) is 0 Å². The van der Waals surface area contributed by atoms with Gasteiger partial charge in [0.2, 0.25) is 0 Å². The summed E-state index contributed by atoms with van der Waals surface area (Å²) < 4.78 is 22.9. The minimum absolute atomic E-state index is 0.0424. The molecule has 92 valence electrons. The van der Waals surface area contributed by atoms with Gasteiger partial charge in [-0.15, -0.1) is 0 Å². The van der Waals surface area contributed by atoms with Crippen LogP contribution in [0.25, 0.3) is 0 Å². The standard InChI is InChI=1S/C12H13FO4/c1-4-17-12(15)10(14)8-5-7(2)11(16-3)9(13)6-8/h5-6H,4H2,1-3H3. The molecule has 0 fully saturated rings. The molecule has 1 rings (SSSR count). The highest BCUT2D eigenvalue weighted by Gasteiger charge is 2.20. The van der Waals surface area contributed by atoms with Crippen LogP contribution in [0.5, 0.6) is 5.75 Å². The Morgan fingerprint density at radius 3 is 2.47 bits per heavy atom. The first-order chi connectivity index (χ1) is 8.01. The molecule has 5 heteroatoms. The second-order valence-electron chi connectivity index (χ2n) is 3.36. The number of aryl methyl sites for hydroxylation is 1. The Labute approximate surface area is 98.3 Å². The zero-order valence-electron chi connectivity index (χ0n) is 9.87. The number of Topliss-reactive ketones (excluding diaryl/α,β-unsaturated/α-hetero) is 1. The van der Waals surface area contributed by atoms with Crippen LogP contribution < -0.4 is 4.74 Å². The van der Waals surface area contributed by atoms with Crippen molar-refractivity contribution in [1.82, 2.24) is 0 Å². The van der Waals surface area contributed by atoms with Crippen molar-refractivity contribution in [1.29, 1.82) is 0 Å². The molecule has 0 bridgehead atoms. The fourth-order valence-corrected chi connectivity index (χ4v) is 1.43. The van der Waals surface area contributed by atoms with Crippen LogP contribution in [-0.2, 0) is 9.53 Å². The number of esters is 1. The van der Waals surface area contributed by atoms with E-state index in [0.717, 1.165) is 6.07 Å². The first kappa shape index (κ1) is 13.2. The van der Waals surface area contributed by atoms with Gasteiger partial charge in [-0.05, 0) is 31.5 Å². The largest absolute Gasteiger partial charge is 0.493 e. The molecule has 0 radical (unpaired) electrons. The van der Waals surface area contributed by atoms with Crippen molar-refractivity contribution in [3.05, 3.63) is 29.1 Å². The van der Waals surface area contributed by atoms with E-state index in [1.807, 2.05) is 0 Å². The van der Waals surface area contributed by atoms with E-state index in [0.29, 0.717) is 5.56 Å². The van der Waals surface area contributed by atoms with Gasteiger partial charge < -0.3 is 9.47 Å². The summed E-state index contributed by atoms with van der Waals surface area (Å²) in [6.45, 7) is 3.27. The molecule has 0 saturated heterocycles. The summed E-state index contributed by atoms with van der Waals surface area (Å²) in [4.78, 5) is 22.8. The highest BCUT2D eigenvalue weighted by Crippen LogP contribution is 2.23. The molecule has 0 saturated carbocycles. The number of carbonyl (C=O) groups is 2. The van der Waals surface area contributed by atoms with E-state index in [-0.39, 0.29) is 17.9 Å². The maximum absolute atomic E-state index is 13.5. The summed E-state index contributed by atoms with van der Waals surface area (Å²) in [6, 6.07) is 2.35. The number of benzene rings is 1. The molecule has 0 amide bonds. The van der Waals surface area contributed by atoms with Crippen molar-refractivity contribution >= 4 is 11.8 Å². The molecule has 0 heterocycles. The van der Waals surface area contributed by atoms with E-state index in [1.54, 1.807) is 13.8 Å². The minimum atomic E-state index is -0.989. The van der Waals surface area contributed by atoms with Gasteiger partial charge in [0.25, 0.3) is 5.78 Å². The Morgan fingerprint density at radius 2 is 2.00 bits per heavy atom. The molecule has 0 unspecified atom stereocenters. The lowest BCUT2D eigenvalue weighted by molar-refractivity contribution is -0.137. The predicted octanol–water partition coefficient (Wildman–Crippen LogP) is 1.89. The third-order valence-electron chi connectivity index (χ3n) is 2.16. The number of rotatable bonds is 4. The number of hydrogen-bond acceptors (Lipinski definition) is 4. The summed E-state index contributed by atoms with van der Waals surface area (Å²) in [5.41, 5.74) is 0.402. The summed E-state index contributed by atoms with van der Waals surface area (Å²) in [6.07, 6.45) is 0. The molecule has 0 aliphatic rings. The molecule has 1 aromatic carbocycles. The highest BCUT2D eigenvalue weighted by molar-refractivity contribution is 6.40. The monoisotopic (exact) mass is 240 g/mol. The predicted molar refractivity (Wildman–Crippen MR) is 58.7 cm³/mol. The lowest BCUT2D eigenvalue weighted by atomic mass is 10.1. The Bertz CT molecular complexity index is 431. The molecule has 4 nitrogen and oxygen atoms in total. The first-order valence-electron chi connectivity index (χ1n) is 5.06. The molecule has 0 aliphatic carbocycles. The molecule has 1 aromatic rings. The first-order valence-corrected chi connectivity index (χ1v) is 5.06. The second kappa shape index (κ2) is 5.43. The number of halogens is 1. The lowest BCUT2D eigenvalue weighted by Crippen LogP contribution is -2.18. The van der Waals surface area contributed by atoms with Crippen molar-refractivity contribution in [2.45, 2.75) is 13.8 Å². The van der Waals surface area contributed by atoms with Gasteiger partial charge in [0, 0.05) is 5.56 Å². The maximum atomic E-state index is 13.5.